The number of carbonyl (C=O) groups excluding carboxylic acids is 1. The van der Waals surface area contributed by atoms with E-state index >= 15 is 0 Å². The molecule has 11 nitrogen and oxygen atoms in total. The Morgan fingerprint density at radius 1 is 1.18 bits per heavy atom. The number of rotatable bonds is 7. The van der Waals surface area contributed by atoms with Gasteiger partial charge in [-0.25, -0.2) is 19.3 Å². The topological polar surface area (TPSA) is 132 Å². The summed E-state index contributed by atoms with van der Waals surface area (Å²) >= 11 is 0. The van der Waals surface area contributed by atoms with Gasteiger partial charge in [0.25, 0.3) is 0 Å². The first-order valence-electron chi connectivity index (χ1n) is 12.9. The molecule has 2 fully saturated rings. The number of nitrogens with one attached hydrogen (secondary N) is 2. The molecule has 2 N–H and O–H groups in total. The average Bonchev–Trinajstić information content (AvgIpc) is 3.40. The van der Waals surface area contributed by atoms with Gasteiger partial charge in [0, 0.05) is 44.5 Å². The summed E-state index contributed by atoms with van der Waals surface area (Å²) < 4.78 is 25.8. The molecule has 2 aliphatic rings. The third-order valence-electron chi connectivity index (χ3n) is 6.91. The van der Waals surface area contributed by atoms with Crippen molar-refractivity contribution in [2.75, 3.05) is 58.3 Å². The fourth-order valence-electron chi connectivity index (χ4n) is 4.60. The highest BCUT2D eigenvalue weighted by molar-refractivity contribution is 5.83. The molecular formula is C27H31FN8O3. The van der Waals surface area contributed by atoms with Crippen LogP contribution in [0.25, 0.3) is 22.6 Å². The highest BCUT2D eigenvalue weighted by Gasteiger charge is 2.43. The maximum Gasteiger partial charge on any atom is 0.233 e. The van der Waals surface area contributed by atoms with Gasteiger partial charge in [-0.2, -0.15) is 5.26 Å². The van der Waals surface area contributed by atoms with Crippen molar-refractivity contribution < 1.29 is 18.7 Å². The average molecular weight is 535 g/mol. The largest absolute Gasteiger partial charge is 0.353 e. The zero-order valence-electron chi connectivity index (χ0n) is 22.0. The van der Waals surface area contributed by atoms with E-state index in [-0.39, 0.29) is 24.9 Å². The molecule has 0 unspecified atom stereocenters. The first-order chi connectivity index (χ1) is 18.9. The number of hydrogen-bond donors (Lipinski definition) is 2. The molecule has 0 saturated carbocycles. The number of benzene rings is 1. The molecule has 1 aromatic carbocycles. The highest BCUT2D eigenvalue weighted by Crippen LogP contribution is 2.36. The number of hydrogen-bond acceptors (Lipinski definition) is 9. The minimum absolute atomic E-state index is 0.0265. The Kier molecular flexibility index (Phi) is 7.83. The van der Waals surface area contributed by atoms with Crippen LogP contribution in [0.5, 0.6) is 0 Å². The SMILES string of the molecule is CN1CCN(C(=O)C2(C)COC(c3nc(-c4ccc(F)cc4)c(-c4ccnc(NCCC#N)n4)[nH]3)OC2)CC1. The Morgan fingerprint density at radius 2 is 1.90 bits per heavy atom. The number of carbonyl (C=O) groups is 1. The molecule has 0 radical (unpaired) electrons. The van der Waals surface area contributed by atoms with Crippen molar-refractivity contribution in [2.45, 2.75) is 19.6 Å². The van der Waals surface area contributed by atoms with Gasteiger partial charge in [0.2, 0.25) is 18.1 Å². The van der Waals surface area contributed by atoms with Crippen LogP contribution in [0.15, 0.2) is 36.5 Å². The van der Waals surface area contributed by atoms with E-state index in [0.717, 1.165) is 13.1 Å². The quantitative estimate of drug-likeness (QED) is 0.439. The maximum atomic E-state index is 13.7. The maximum absolute atomic E-state index is 13.7. The van der Waals surface area contributed by atoms with Crippen LogP contribution in [0, 0.1) is 22.6 Å². The summed E-state index contributed by atoms with van der Waals surface area (Å²) in [5.74, 6) is 0.451. The van der Waals surface area contributed by atoms with Gasteiger partial charge in [-0.15, -0.1) is 0 Å². The van der Waals surface area contributed by atoms with Crippen LogP contribution in [0.3, 0.4) is 0 Å². The molecular weight excluding hydrogens is 503 g/mol. The standard InChI is InChI=1S/C27H31FN8O3/c1-27(25(37)36-14-12-35(2)13-15-36)16-38-24(39-17-27)23-33-21(18-4-6-19(28)7-5-18)22(34-23)20-8-11-31-26(32-20)30-10-3-9-29/h4-8,11,24H,3,10,12-17H2,1-2H3,(H,33,34)(H,30,31,32). The number of aromatic amines is 1. The number of nitriles is 1. The fourth-order valence-corrected chi connectivity index (χ4v) is 4.60. The molecule has 0 spiro atoms. The minimum Gasteiger partial charge on any atom is -0.353 e. The van der Waals surface area contributed by atoms with Crippen LogP contribution in [0.2, 0.25) is 0 Å². The van der Waals surface area contributed by atoms with E-state index in [1.165, 1.54) is 12.1 Å². The van der Waals surface area contributed by atoms with Crippen LogP contribution in [-0.2, 0) is 14.3 Å². The minimum atomic E-state index is -0.818. The van der Waals surface area contributed by atoms with Crippen LogP contribution in [-0.4, -0.2) is 88.6 Å². The van der Waals surface area contributed by atoms with Crippen molar-refractivity contribution in [1.82, 2.24) is 29.7 Å². The summed E-state index contributed by atoms with van der Waals surface area (Å²) in [4.78, 5) is 34.2. The van der Waals surface area contributed by atoms with Gasteiger partial charge in [0.05, 0.1) is 48.2 Å². The summed E-state index contributed by atoms with van der Waals surface area (Å²) in [7, 11) is 2.05. The van der Waals surface area contributed by atoms with E-state index < -0.39 is 11.7 Å². The number of ether oxygens (including phenoxy) is 2. The van der Waals surface area contributed by atoms with Gasteiger partial charge in [-0.3, -0.25) is 4.79 Å². The second-order valence-electron chi connectivity index (χ2n) is 10.1. The van der Waals surface area contributed by atoms with Crippen molar-refractivity contribution in [2.24, 2.45) is 5.41 Å². The number of likely N-dealkylation sites (N-methyl/N-ethyl adjacent to an activating group) is 1. The lowest BCUT2D eigenvalue weighted by Crippen LogP contribution is -2.55. The molecule has 2 aliphatic heterocycles. The number of piperazine rings is 1. The molecule has 5 rings (SSSR count). The summed E-state index contributed by atoms with van der Waals surface area (Å²) in [6.45, 7) is 5.69. The van der Waals surface area contributed by atoms with E-state index in [4.69, 9.17) is 19.7 Å². The Morgan fingerprint density at radius 3 is 2.59 bits per heavy atom. The predicted molar refractivity (Wildman–Crippen MR) is 141 cm³/mol. The van der Waals surface area contributed by atoms with Gasteiger partial charge in [-0.1, -0.05) is 0 Å². The van der Waals surface area contributed by atoms with Crippen molar-refractivity contribution >= 4 is 11.9 Å². The van der Waals surface area contributed by atoms with Gasteiger partial charge in [0.1, 0.15) is 5.82 Å². The molecule has 2 saturated heterocycles. The molecule has 0 atom stereocenters. The monoisotopic (exact) mass is 534 g/mol. The lowest BCUT2D eigenvalue weighted by molar-refractivity contribution is -0.234. The Bertz CT molecular complexity index is 1340. The number of anilines is 1. The van der Waals surface area contributed by atoms with Crippen LogP contribution >= 0.6 is 0 Å². The smallest absolute Gasteiger partial charge is 0.233 e. The Hall–Kier alpha value is -3.92. The first kappa shape index (κ1) is 26.7. The molecule has 2 aromatic heterocycles. The zero-order chi connectivity index (χ0) is 27.4. The molecule has 3 aromatic rings. The van der Waals surface area contributed by atoms with Crippen molar-refractivity contribution in [1.29, 1.82) is 5.26 Å². The number of halogens is 1. The number of nitrogens with zero attached hydrogens (tertiary/aromatic N) is 6. The molecule has 12 heteroatoms. The van der Waals surface area contributed by atoms with E-state index in [1.54, 1.807) is 24.4 Å². The number of H-pyrrole nitrogens is 1. The van der Waals surface area contributed by atoms with Gasteiger partial charge in [-0.05, 0) is 44.3 Å². The Balaban J connectivity index is 1.38. The highest BCUT2D eigenvalue weighted by atomic mass is 19.1. The zero-order valence-corrected chi connectivity index (χ0v) is 22.0. The molecule has 0 bridgehead atoms. The van der Waals surface area contributed by atoms with E-state index in [1.807, 2.05) is 18.9 Å². The lowest BCUT2D eigenvalue weighted by Gasteiger charge is -2.41. The normalized spacial score (nSPS) is 21.9. The summed E-state index contributed by atoms with van der Waals surface area (Å²) in [5, 5.41) is 11.8. The van der Waals surface area contributed by atoms with Crippen LogP contribution < -0.4 is 5.32 Å². The molecule has 204 valence electrons. The summed E-state index contributed by atoms with van der Waals surface area (Å²) in [6.07, 6.45) is 1.10. The first-order valence-corrected chi connectivity index (χ1v) is 12.9. The summed E-state index contributed by atoms with van der Waals surface area (Å²) in [6, 6.07) is 9.82. The fraction of sp³-hybridized carbons (Fsp3) is 0.444. The van der Waals surface area contributed by atoms with Crippen molar-refractivity contribution in [3.63, 3.8) is 0 Å². The third-order valence-corrected chi connectivity index (χ3v) is 6.91. The molecule has 1 amide bonds. The second-order valence-corrected chi connectivity index (χ2v) is 10.1. The van der Waals surface area contributed by atoms with Gasteiger partial charge < -0.3 is 29.6 Å². The molecule has 4 heterocycles. The van der Waals surface area contributed by atoms with E-state index in [2.05, 4.69) is 31.2 Å². The van der Waals surface area contributed by atoms with E-state index in [9.17, 15) is 9.18 Å². The van der Waals surface area contributed by atoms with Crippen molar-refractivity contribution in [3.05, 3.63) is 48.2 Å². The van der Waals surface area contributed by atoms with Gasteiger partial charge >= 0.3 is 0 Å². The Labute approximate surface area is 226 Å². The predicted octanol–water partition coefficient (Wildman–Crippen LogP) is 2.82. The van der Waals surface area contributed by atoms with Crippen LogP contribution in [0.1, 0.15) is 25.5 Å². The van der Waals surface area contributed by atoms with Crippen molar-refractivity contribution in [3.8, 4) is 28.7 Å². The second kappa shape index (κ2) is 11.4. The third kappa shape index (κ3) is 5.90. The molecule has 39 heavy (non-hydrogen) atoms. The number of amides is 1. The lowest BCUT2D eigenvalue weighted by atomic mass is 9.90. The number of imidazole rings is 1. The summed E-state index contributed by atoms with van der Waals surface area (Å²) in [5.41, 5.74) is 1.56. The number of aromatic nitrogens is 4. The van der Waals surface area contributed by atoms with E-state index in [0.29, 0.717) is 60.5 Å². The van der Waals surface area contributed by atoms with Gasteiger partial charge in [0.15, 0.2) is 5.82 Å². The molecule has 0 aliphatic carbocycles. The van der Waals surface area contributed by atoms with Crippen LogP contribution in [0.4, 0.5) is 10.3 Å².